The molecule has 8 unspecified atom stereocenters. The summed E-state index contributed by atoms with van der Waals surface area (Å²) >= 11 is 0. The maximum atomic E-state index is 11.3. The van der Waals surface area contributed by atoms with Crippen LogP contribution in [0.15, 0.2) is 12.2 Å². The molecule has 2 aliphatic carbocycles. The predicted octanol–water partition coefficient (Wildman–Crippen LogP) is 3.60. The zero-order valence-corrected chi connectivity index (χ0v) is 22.3. The molecule has 0 heterocycles. The molecule has 0 bridgehead atoms. The van der Waals surface area contributed by atoms with Crippen molar-refractivity contribution in [3.63, 3.8) is 0 Å². The fourth-order valence-corrected chi connectivity index (χ4v) is 5.85. The van der Waals surface area contributed by atoms with Crippen LogP contribution in [0.25, 0.3) is 0 Å². The minimum Gasteiger partial charge on any atom is -0.481 e. The van der Waals surface area contributed by atoms with E-state index >= 15 is 0 Å². The molecular weight excluding hydrogens is 464 g/mol. The van der Waals surface area contributed by atoms with E-state index in [1.165, 1.54) is 0 Å². The number of carbonyl (C=O) groups is 2. The summed E-state index contributed by atoms with van der Waals surface area (Å²) < 4.78 is 0. The van der Waals surface area contributed by atoms with E-state index in [0.29, 0.717) is 64.2 Å². The molecule has 2 aliphatic rings. The predicted molar refractivity (Wildman–Crippen MR) is 136 cm³/mol. The highest BCUT2D eigenvalue weighted by molar-refractivity contribution is 5.73. The van der Waals surface area contributed by atoms with Gasteiger partial charge in [-0.3, -0.25) is 9.59 Å². The maximum Gasteiger partial charge on any atom is 0.309 e. The smallest absolute Gasteiger partial charge is 0.309 e. The zero-order valence-electron chi connectivity index (χ0n) is 22.3. The normalized spacial score (nSPS) is 34.1. The topological polar surface area (TPSA) is 156 Å². The second kappa shape index (κ2) is 12.9. The third-order valence-corrected chi connectivity index (χ3v) is 8.60. The van der Waals surface area contributed by atoms with Crippen molar-refractivity contribution in [3.05, 3.63) is 12.2 Å². The van der Waals surface area contributed by atoms with Crippen LogP contribution in [0.2, 0.25) is 0 Å². The minimum atomic E-state index is -0.843. The molecule has 0 spiro atoms. The van der Waals surface area contributed by atoms with Gasteiger partial charge in [0, 0.05) is 11.8 Å². The molecule has 0 saturated heterocycles. The largest absolute Gasteiger partial charge is 0.481 e. The SMILES string of the molecule is CC(C)(CCCC1CC(O)CC(C=CC2CC(O)CC(CCCC(C)(C)C(=O)O)C2O)C1O)C(=O)O. The van der Waals surface area contributed by atoms with Crippen molar-refractivity contribution in [1.82, 2.24) is 0 Å². The Morgan fingerprint density at radius 1 is 0.667 bits per heavy atom. The Bertz CT molecular complexity index is 699. The van der Waals surface area contributed by atoms with Crippen LogP contribution in [0.4, 0.5) is 0 Å². The lowest BCUT2D eigenvalue weighted by molar-refractivity contribution is -0.148. The fourth-order valence-electron chi connectivity index (χ4n) is 5.85. The van der Waals surface area contributed by atoms with Crippen molar-refractivity contribution in [2.45, 2.75) is 116 Å². The van der Waals surface area contributed by atoms with Crippen molar-refractivity contribution in [3.8, 4) is 0 Å². The van der Waals surface area contributed by atoms with Gasteiger partial charge in [0.05, 0.1) is 35.2 Å². The van der Waals surface area contributed by atoms with Crippen LogP contribution in [0.3, 0.4) is 0 Å². The van der Waals surface area contributed by atoms with Crippen LogP contribution in [-0.4, -0.2) is 67.0 Å². The lowest BCUT2D eigenvalue weighted by Crippen LogP contribution is -2.40. The molecule has 8 heteroatoms. The molecule has 0 radical (unpaired) electrons. The number of hydrogen-bond acceptors (Lipinski definition) is 6. The average Bonchev–Trinajstić information content (AvgIpc) is 2.76. The molecule has 0 aromatic heterocycles. The van der Waals surface area contributed by atoms with E-state index in [0.717, 1.165) is 0 Å². The monoisotopic (exact) mass is 512 g/mol. The number of hydrogen-bond donors (Lipinski definition) is 6. The molecular formula is C28H48O8. The Hall–Kier alpha value is -1.48. The number of carboxylic acids is 2. The number of aliphatic carboxylic acids is 2. The van der Waals surface area contributed by atoms with Crippen LogP contribution in [0.5, 0.6) is 0 Å². The molecule has 6 N–H and O–H groups in total. The summed E-state index contributed by atoms with van der Waals surface area (Å²) in [5.74, 6) is -2.48. The summed E-state index contributed by atoms with van der Waals surface area (Å²) in [5.41, 5.74) is -1.65. The minimum absolute atomic E-state index is 0.125. The van der Waals surface area contributed by atoms with Gasteiger partial charge in [-0.2, -0.15) is 0 Å². The molecule has 2 fully saturated rings. The van der Waals surface area contributed by atoms with Gasteiger partial charge >= 0.3 is 11.9 Å². The average molecular weight is 513 g/mol. The first kappa shape index (κ1) is 30.7. The summed E-state index contributed by atoms with van der Waals surface area (Å²) in [6.45, 7) is 6.77. The molecule has 8 atom stereocenters. The Morgan fingerprint density at radius 3 is 1.31 bits per heavy atom. The summed E-state index contributed by atoms with van der Waals surface area (Å²) in [4.78, 5) is 22.7. The highest BCUT2D eigenvalue weighted by Crippen LogP contribution is 2.38. The first-order valence-electron chi connectivity index (χ1n) is 13.5. The van der Waals surface area contributed by atoms with Gasteiger partial charge in [-0.1, -0.05) is 25.0 Å². The molecule has 36 heavy (non-hydrogen) atoms. The maximum absolute atomic E-state index is 11.3. The molecule has 208 valence electrons. The number of aliphatic hydroxyl groups excluding tert-OH is 4. The van der Waals surface area contributed by atoms with Crippen LogP contribution in [0, 0.1) is 34.5 Å². The lowest BCUT2D eigenvalue weighted by atomic mass is 9.72. The summed E-state index contributed by atoms with van der Waals surface area (Å²) in [5, 5.41) is 61.4. The fraction of sp³-hybridized carbons (Fsp3) is 0.857. The van der Waals surface area contributed by atoms with Gasteiger partial charge in [0.15, 0.2) is 0 Å². The van der Waals surface area contributed by atoms with Crippen molar-refractivity contribution in [2.24, 2.45) is 34.5 Å². The Balaban J connectivity index is 1.96. The van der Waals surface area contributed by atoms with Gasteiger partial charge in [-0.05, 0) is 90.9 Å². The molecule has 0 amide bonds. The Morgan fingerprint density at radius 2 is 1.00 bits per heavy atom. The van der Waals surface area contributed by atoms with Gasteiger partial charge in [0.2, 0.25) is 0 Å². The van der Waals surface area contributed by atoms with Crippen LogP contribution in [-0.2, 0) is 9.59 Å². The van der Waals surface area contributed by atoms with E-state index in [1.807, 2.05) is 12.2 Å². The van der Waals surface area contributed by atoms with Crippen LogP contribution in [0.1, 0.15) is 91.9 Å². The molecule has 2 saturated carbocycles. The van der Waals surface area contributed by atoms with E-state index in [-0.39, 0.29) is 23.7 Å². The number of aliphatic hydroxyl groups is 4. The van der Waals surface area contributed by atoms with Crippen molar-refractivity contribution < 1.29 is 40.2 Å². The second-order valence-corrected chi connectivity index (χ2v) is 12.6. The number of carboxylic acid groups (broad SMARTS) is 2. The molecule has 0 aliphatic heterocycles. The van der Waals surface area contributed by atoms with Gasteiger partial charge in [0.25, 0.3) is 0 Å². The van der Waals surface area contributed by atoms with E-state index in [4.69, 9.17) is 0 Å². The van der Waals surface area contributed by atoms with E-state index in [9.17, 15) is 40.2 Å². The van der Waals surface area contributed by atoms with Gasteiger partial charge in [-0.15, -0.1) is 0 Å². The van der Waals surface area contributed by atoms with Crippen molar-refractivity contribution in [2.75, 3.05) is 0 Å². The van der Waals surface area contributed by atoms with E-state index < -0.39 is 47.2 Å². The molecule has 0 aromatic rings. The first-order valence-corrected chi connectivity index (χ1v) is 13.5. The van der Waals surface area contributed by atoms with Gasteiger partial charge in [-0.25, -0.2) is 0 Å². The zero-order chi connectivity index (χ0) is 27.3. The second-order valence-electron chi connectivity index (χ2n) is 12.6. The van der Waals surface area contributed by atoms with Crippen LogP contribution < -0.4 is 0 Å². The van der Waals surface area contributed by atoms with E-state index in [2.05, 4.69) is 0 Å². The van der Waals surface area contributed by atoms with E-state index in [1.54, 1.807) is 27.7 Å². The van der Waals surface area contributed by atoms with Gasteiger partial charge < -0.3 is 30.6 Å². The highest BCUT2D eigenvalue weighted by atomic mass is 16.4. The first-order chi connectivity index (χ1) is 16.6. The van der Waals surface area contributed by atoms with Crippen LogP contribution >= 0.6 is 0 Å². The van der Waals surface area contributed by atoms with Gasteiger partial charge in [0.1, 0.15) is 0 Å². The highest BCUT2D eigenvalue weighted by Gasteiger charge is 2.38. The molecule has 2 rings (SSSR count). The quantitative estimate of drug-likeness (QED) is 0.217. The molecule has 0 aromatic carbocycles. The third kappa shape index (κ3) is 8.54. The standard InChI is InChI=1S/C28H48O8/c1-27(2,25(33)34)11-5-7-17-13-21(29)15-19(23(17)31)9-10-20-16-22(30)14-18(24(20)32)8-6-12-28(3,4)26(35)36/h9-10,17-24,29-32H,5-8,11-16H2,1-4H3,(H,33,34)(H,35,36). The third-order valence-electron chi connectivity index (χ3n) is 8.60. The Labute approximate surface area is 215 Å². The molecule has 8 nitrogen and oxygen atoms in total. The van der Waals surface area contributed by atoms with Crippen molar-refractivity contribution in [1.29, 1.82) is 0 Å². The number of rotatable bonds is 12. The summed E-state index contributed by atoms with van der Waals surface area (Å²) in [6.07, 6.45) is 6.73. The summed E-state index contributed by atoms with van der Waals surface area (Å²) in [7, 11) is 0. The summed E-state index contributed by atoms with van der Waals surface area (Å²) in [6, 6.07) is 0. The Kier molecular flexibility index (Phi) is 11.0. The van der Waals surface area contributed by atoms with Crippen molar-refractivity contribution >= 4 is 11.9 Å². The lowest BCUT2D eigenvalue weighted by Gasteiger charge is -2.38.